The summed E-state index contributed by atoms with van der Waals surface area (Å²) in [7, 11) is 1.71. The summed E-state index contributed by atoms with van der Waals surface area (Å²) in [5.74, 6) is -0.991. The van der Waals surface area contributed by atoms with E-state index in [1.165, 1.54) is 4.90 Å². The second-order valence-electron chi connectivity index (χ2n) is 5.12. The number of rotatable bonds is 5. The summed E-state index contributed by atoms with van der Waals surface area (Å²) in [6.45, 7) is 9.29. The van der Waals surface area contributed by atoms with Crippen LogP contribution in [0, 0.1) is 0 Å². The normalized spacial score (nSPS) is 11.5. The summed E-state index contributed by atoms with van der Waals surface area (Å²) in [4.78, 5) is 25.9. The highest BCUT2D eigenvalue weighted by molar-refractivity contribution is 5.80. The third-order valence-corrected chi connectivity index (χ3v) is 3.23. The number of hydrogen-bond acceptors (Lipinski definition) is 2. The standard InChI is InChI=1S/C12H24N2O3/c1-7-12(4,5)13(6)11(17)14(9(2)3)8-10(15)16/h9H,7-8H2,1-6H3,(H,15,16). The van der Waals surface area contributed by atoms with Crippen molar-refractivity contribution in [2.24, 2.45) is 0 Å². The maximum absolute atomic E-state index is 12.2. The molecule has 0 aromatic heterocycles. The van der Waals surface area contributed by atoms with Gasteiger partial charge in [-0.15, -0.1) is 0 Å². The van der Waals surface area contributed by atoms with Crippen LogP contribution in [0.25, 0.3) is 0 Å². The largest absolute Gasteiger partial charge is 0.480 e. The van der Waals surface area contributed by atoms with Crippen LogP contribution < -0.4 is 0 Å². The van der Waals surface area contributed by atoms with E-state index in [2.05, 4.69) is 0 Å². The molecule has 100 valence electrons. The van der Waals surface area contributed by atoms with Gasteiger partial charge in [0.1, 0.15) is 6.54 Å². The SMILES string of the molecule is CCC(C)(C)N(C)C(=O)N(CC(=O)O)C(C)C. The molecule has 2 amide bonds. The van der Waals surface area contributed by atoms with E-state index in [0.29, 0.717) is 0 Å². The molecule has 0 aliphatic heterocycles. The quantitative estimate of drug-likeness (QED) is 0.805. The van der Waals surface area contributed by atoms with Gasteiger partial charge in [-0.3, -0.25) is 4.79 Å². The molecule has 0 aromatic rings. The molecule has 17 heavy (non-hydrogen) atoms. The first kappa shape index (κ1) is 15.7. The second-order valence-corrected chi connectivity index (χ2v) is 5.12. The van der Waals surface area contributed by atoms with Crippen LogP contribution in [0.15, 0.2) is 0 Å². The Balaban J connectivity index is 4.90. The van der Waals surface area contributed by atoms with Crippen molar-refractivity contribution in [1.29, 1.82) is 0 Å². The van der Waals surface area contributed by atoms with Crippen LogP contribution in [0.2, 0.25) is 0 Å². The third kappa shape index (κ3) is 4.24. The molecule has 0 heterocycles. The van der Waals surface area contributed by atoms with E-state index in [1.807, 2.05) is 34.6 Å². The highest BCUT2D eigenvalue weighted by atomic mass is 16.4. The molecular formula is C12H24N2O3. The third-order valence-electron chi connectivity index (χ3n) is 3.23. The van der Waals surface area contributed by atoms with E-state index in [0.717, 1.165) is 6.42 Å². The number of aliphatic carboxylic acids is 1. The molecule has 0 rings (SSSR count). The summed E-state index contributed by atoms with van der Waals surface area (Å²) >= 11 is 0. The van der Waals surface area contributed by atoms with Gasteiger partial charge in [0.05, 0.1) is 0 Å². The van der Waals surface area contributed by atoms with Gasteiger partial charge < -0.3 is 14.9 Å². The Bertz CT molecular complexity index is 287. The number of amides is 2. The molecule has 0 unspecified atom stereocenters. The number of hydrogen-bond donors (Lipinski definition) is 1. The second kappa shape index (κ2) is 5.89. The van der Waals surface area contributed by atoms with E-state index in [4.69, 9.17) is 5.11 Å². The van der Waals surface area contributed by atoms with E-state index in [-0.39, 0.29) is 24.2 Å². The Labute approximate surface area is 103 Å². The highest BCUT2D eigenvalue weighted by Gasteiger charge is 2.31. The minimum Gasteiger partial charge on any atom is -0.480 e. The fourth-order valence-electron chi connectivity index (χ4n) is 1.31. The summed E-state index contributed by atoms with van der Waals surface area (Å²) in [6, 6.07) is -0.372. The maximum atomic E-state index is 12.2. The van der Waals surface area contributed by atoms with Crippen LogP contribution in [0.3, 0.4) is 0 Å². The molecule has 0 saturated carbocycles. The smallest absolute Gasteiger partial charge is 0.323 e. The lowest BCUT2D eigenvalue weighted by molar-refractivity contribution is -0.138. The van der Waals surface area contributed by atoms with Crippen molar-refractivity contribution in [3.63, 3.8) is 0 Å². The lowest BCUT2D eigenvalue weighted by atomic mass is 10.0. The molecule has 0 atom stereocenters. The summed E-state index contributed by atoms with van der Waals surface area (Å²) in [5, 5.41) is 8.81. The zero-order valence-corrected chi connectivity index (χ0v) is 11.6. The molecule has 1 N–H and O–H groups in total. The number of urea groups is 1. The van der Waals surface area contributed by atoms with Gasteiger partial charge in [0.2, 0.25) is 0 Å². The highest BCUT2D eigenvalue weighted by Crippen LogP contribution is 2.19. The van der Waals surface area contributed by atoms with Gasteiger partial charge in [0.25, 0.3) is 0 Å². The molecule has 0 aliphatic rings. The fourth-order valence-corrected chi connectivity index (χ4v) is 1.31. The van der Waals surface area contributed by atoms with Gasteiger partial charge >= 0.3 is 12.0 Å². The van der Waals surface area contributed by atoms with Crippen LogP contribution in [0.5, 0.6) is 0 Å². The average Bonchev–Trinajstić information content (AvgIpc) is 2.23. The average molecular weight is 244 g/mol. The minimum absolute atomic E-state index is 0.131. The molecule has 0 fully saturated rings. The summed E-state index contributed by atoms with van der Waals surface area (Å²) in [5.41, 5.74) is -0.275. The van der Waals surface area contributed by atoms with Crippen molar-refractivity contribution >= 4 is 12.0 Å². The van der Waals surface area contributed by atoms with Crippen molar-refractivity contribution in [2.75, 3.05) is 13.6 Å². The van der Waals surface area contributed by atoms with Gasteiger partial charge in [-0.2, -0.15) is 0 Å². The molecule has 0 spiro atoms. The Hall–Kier alpha value is -1.26. The number of carbonyl (C=O) groups is 2. The van der Waals surface area contributed by atoms with E-state index >= 15 is 0 Å². The van der Waals surface area contributed by atoms with E-state index < -0.39 is 5.97 Å². The Morgan fingerprint density at radius 2 is 1.76 bits per heavy atom. The first-order chi connectivity index (χ1) is 7.63. The molecule has 0 aliphatic carbocycles. The molecule has 0 bridgehead atoms. The zero-order chi connectivity index (χ0) is 13.8. The van der Waals surface area contributed by atoms with E-state index in [9.17, 15) is 9.59 Å². The lowest BCUT2D eigenvalue weighted by Gasteiger charge is -2.39. The fraction of sp³-hybridized carbons (Fsp3) is 0.833. The zero-order valence-electron chi connectivity index (χ0n) is 11.6. The van der Waals surface area contributed by atoms with Gasteiger partial charge in [0.15, 0.2) is 0 Å². The molecule has 0 aromatic carbocycles. The van der Waals surface area contributed by atoms with Crippen LogP contribution >= 0.6 is 0 Å². The monoisotopic (exact) mass is 244 g/mol. The lowest BCUT2D eigenvalue weighted by Crippen LogP contribution is -2.53. The van der Waals surface area contributed by atoms with Crippen molar-refractivity contribution in [2.45, 2.75) is 52.6 Å². The van der Waals surface area contributed by atoms with Crippen molar-refractivity contribution in [3.05, 3.63) is 0 Å². The first-order valence-corrected chi connectivity index (χ1v) is 5.89. The first-order valence-electron chi connectivity index (χ1n) is 5.89. The Kier molecular flexibility index (Phi) is 5.45. The number of carboxylic acid groups (broad SMARTS) is 1. The van der Waals surface area contributed by atoms with Gasteiger partial charge in [0, 0.05) is 18.6 Å². The van der Waals surface area contributed by atoms with Crippen LogP contribution in [0.4, 0.5) is 4.79 Å². The van der Waals surface area contributed by atoms with Crippen molar-refractivity contribution < 1.29 is 14.7 Å². The van der Waals surface area contributed by atoms with Gasteiger partial charge in [-0.05, 0) is 34.1 Å². The topological polar surface area (TPSA) is 60.9 Å². The Morgan fingerprint density at radius 1 is 1.29 bits per heavy atom. The van der Waals surface area contributed by atoms with Crippen LogP contribution in [-0.4, -0.2) is 52.1 Å². The molecule has 0 radical (unpaired) electrons. The van der Waals surface area contributed by atoms with Crippen molar-refractivity contribution in [1.82, 2.24) is 9.80 Å². The predicted octanol–water partition coefficient (Wildman–Crippen LogP) is 2.02. The number of carbonyl (C=O) groups excluding carboxylic acids is 1. The number of nitrogens with zero attached hydrogens (tertiary/aromatic N) is 2. The van der Waals surface area contributed by atoms with Crippen molar-refractivity contribution in [3.8, 4) is 0 Å². The van der Waals surface area contributed by atoms with Gasteiger partial charge in [-0.1, -0.05) is 6.92 Å². The van der Waals surface area contributed by atoms with E-state index in [1.54, 1.807) is 11.9 Å². The number of carboxylic acids is 1. The summed E-state index contributed by atoms with van der Waals surface area (Å²) in [6.07, 6.45) is 0.814. The van der Waals surface area contributed by atoms with Crippen LogP contribution in [0.1, 0.15) is 41.0 Å². The molecule has 0 saturated heterocycles. The minimum atomic E-state index is -0.991. The maximum Gasteiger partial charge on any atom is 0.323 e. The Morgan fingerprint density at radius 3 is 2.06 bits per heavy atom. The molecular weight excluding hydrogens is 220 g/mol. The summed E-state index contributed by atoms with van der Waals surface area (Å²) < 4.78 is 0. The predicted molar refractivity (Wildman–Crippen MR) is 67.0 cm³/mol. The molecule has 5 heteroatoms. The van der Waals surface area contributed by atoms with Gasteiger partial charge in [-0.25, -0.2) is 4.79 Å². The molecule has 5 nitrogen and oxygen atoms in total. The van der Waals surface area contributed by atoms with Crippen LogP contribution in [-0.2, 0) is 4.79 Å².